The zero-order valence-corrected chi connectivity index (χ0v) is 35.2. The summed E-state index contributed by atoms with van der Waals surface area (Å²) >= 11 is 0. The fourth-order valence-electron chi connectivity index (χ4n) is 6.01. The molecule has 0 N–H and O–H groups in total. The van der Waals surface area contributed by atoms with Gasteiger partial charge in [0.25, 0.3) is 0 Å². The number of rotatable bonds is 39. The molecule has 6 heteroatoms. The summed E-state index contributed by atoms with van der Waals surface area (Å²) in [6.07, 6.45) is 50.6. The largest absolute Gasteiger partial charge is 0.462 e. The molecule has 0 saturated heterocycles. The second-order valence-electron chi connectivity index (χ2n) is 14.6. The quantitative estimate of drug-likeness (QED) is 0.0204. The van der Waals surface area contributed by atoms with Crippen LogP contribution in [0.3, 0.4) is 0 Å². The molecule has 0 aromatic rings. The fourth-order valence-corrected chi connectivity index (χ4v) is 6.01. The van der Waals surface area contributed by atoms with E-state index in [-0.39, 0.29) is 31.1 Å². The number of carbonyl (C=O) groups excluding carboxylic acids is 3. The average Bonchev–Trinajstić information content (AvgIpc) is 3.17. The summed E-state index contributed by atoms with van der Waals surface area (Å²) in [4.78, 5) is 37.7. The lowest BCUT2D eigenvalue weighted by atomic mass is 10.1. The van der Waals surface area contributed by atoms with E-state index in [9.17, 15) is 14.4 Å². The van der Waals surface area contributed by atoms with Gasteiger partial charge in [-0.1, -0.05) is 184 Å². The number of hydrogen-bond donors (Lipinski definition) is 0. The number of ether oxygens (including phenoxy) is 3. The monoisotopic (exact) mass is 755 g/mol. The first-order valence-corrected chi connectivity index (χ1v) is 22.3. The smallest absolute Gasteiger partial charge is 0.306 e. The zero-order chi connectivity index (χ0) is 39.4. The summed E-state index contributed by atoms with van der Waals surface area (Å²) in [6, 6.07) is 0. The molecule has 310 valence electrons. The van der Waals surface area contributed by atoms with E-state index in [0.717, 1.165) is 116 Å². The standard InChI is InChI=1S/C48H82O6/c1-4-7-10-13-16-19-22-24-27-29-32-35-38-41-47(50)53-44-45(43-52-46(49)40-37-34-31-28-25-21-18-15-12-9-6-3)54-48(51)42-39-36-33-30-26-23-20-17-14-11-8-5-2/h7-8,10-11,13,16-17,19-20,22,45H,4-6,9,12,14-15,18,21,23-44H2,1-3H3/b10-7-,11-8-,16-13-,20-17-,22-19-. The molecule has 0 spiro atoms. The van der Waals surface area contributed by atoms with Crippen molar-refractivity contribution in [1.29, 1.82) is 0 Å². The minimum atomic E-state index is -0.785. The number of allylic oxidation sites excluding steroid dienone is 10. The van der Waals surface area contributed by atoms with Gasteiger partial charge in [-0.3, -0.25) is 14.4 Å². The SMILES string of the molecule is CC\C=C/C=C\C=C/CCCCCCCC(=O)OCC(COC(=O)CCCCCCCCCCCCC)OC(=O)CCCCCCC/C=C\C/C=C\CC. The van der Waals surface area contributed by atoms with Crippen LogP contribution in [0.15, 0.2) is 60.8 Å². The summed E-state index contributed by atoms with van der Waals surface area (Å²) in [6.45, 7) is 6.34. The molecule has 0 aliphatic heterocycles. The summed E-state index contributed by atoms with van der Waals surface area (Å²) in [7, 11) is 0. The lowest BCUT2D eigenvalue weighted by Gasteiger charge is -2.18. The first kappa shape index (κ1) is 51.1. The van der Waals surface area contributed by atoms with E-state index in [4.69, 9.17) is 14.2 Å². The average molecular weight is 755 g/mol. The predicted octanol–water partition coefficient (Wildman–Crippen LogP) is 14.1. The van der Waals surface area contributed by atoms with Crippen molar-refractivity contribution in [3.05, 3.63) is 60.8 Å². The lowest BCUT2D eigenvalue weighted by molar-refractivity contribution is -0.167. The Kier molecular flexibility index (Phi) is 40.6. The Hall–Kier alpha value is -2.89. The summed E-state index contributed by atoms with van der Waals surface area (Å²) in [5, 5.41) is 0. The van der Waals surface area contributed by atoms with Gasteiger partial charge in [-0.25, -0.2) is 0 Å². The van der Waals surface area contributed by atoms with Crippen LogP contribution >= 0.6 is 0 Å². The summed E-state index contributed by atoms with van der Waals surface area (Å²) in [5.74, 6) is -0.927. The Morgan fingerprint density at radius 3 is 1.31 bits per heavy atom. The molecule has 54 heavy (non-hydrogen) atoms. The molecule has 0 aliphatic carbocycles. The molecule has 0 aliphatic rings. The molecule has 0 rings (SSSR count). The Labute approximate surface area is 332 Å². The second kappa shape index (κ2) is 42.8. The highest BCUT2D eigenvalue weighted by Gasteiger charge is 2.19. The van der Waals surface area contributed by atoms with Crippen LogP contribution in [0.5, 0.6) is 0 Å². The van der Waals surface area contributed by atoms with Crippen molar-refractivity contribution in [2.45, 2.75) is 213 Å². The third-order valence-electron chi connectivity index (χ3n) is 9.33. The van der Waals surface area contributed by atoms with Crippen LogP contribution in [0.2, 0.25) is 0 Å². The molecule has 0 bridgehead atoms. The Morgan fingerprint density at radius 1 is 0.407 bits per heavy atom. The third kappa shape index (κ3) is 40.3. The molecule has 0 radical (unpaired) electrons. The molecule has 0 amide bonds. The highest BCUT2D eigenvalue weighted by molar-refractivity contribution is 5.71. The van der Waals surface area contributed by atoms with E-state index >= 15 is 0 Å². The Morgan fingerprint density at radius 2 is 0.815 bits per heavy atom. The fraction of sp³-hybridized carbons (Fsp3) is 0.729. The van der Waals surface area contributed by atoms with Crippen molar-refractivity contribution >= 4 is 17.9 Å². The maximum atomic E-state index is 12.7. The van der Waals surface area contributed by atoms with Gasteiger partial charge < -0.3 is 14.2 Å². The van der Waals surface area contributed by atoms with Gasteiger partial charge in [0.2, 0.25) is 0 Å². The predicted molar refractivity (Wildman–Crippen MR) is 228 cm³/mol. The number of hydrogen-bond acceptors (Lipinski definition) is 6. The molecule has 1 atom stereocenters. The minimum Gasteiger partial charge on any atom is -0.462 e. The molecular weight excluding hydrogens is 673 g/mol. The maximum absolute atomic E-state index is 12.7. The van der Waals surface area contributed by atoms with Crippen LogP contribution in [0.4, 0.5) is 0 Å². The Balaban J connectivity index is 4.43. The summed E-state index contributed by atoms with van der Waals surface area (Å²) in [5.41, 5.74) is 0. The zero-order valence-electron chi connectivity index (χ0n) is 35.2. The van der Waals surface area contributed by atoms with E-state index in [1.54, 1.807) is 0 Å². The van der Waals surface area contributed by atoms with Crippen molar-refractivity contribution in [1.82, 2.24) is 0 Å². The topological polar surface area (TPSA) is 78.9 Å². The van der Waals surface area contributed by atoms with E-state index in [1.807, 2.05) is 0 Å². The van der Waals surface area contributed by atoms with Crippen LogP contribution in [0.1, 0.15) is 207 Å². The molecule has 0 saturated carbocycles. The van der Waals surface area contributed by atoms with Crippen LogP contribution in [0, 0.1) is 0 Å². The van der Waals surface area contributed by atoms with Gasteiger partial charge in [0, 0.05) is 19.3 Å². The number of esters is 3. The van der Waals surface area contributed by atoms with E-state index in [1.165, 1.54) is 51.4 Å². The maximum Gasteiger partial charge on any atom is 0.306 e. The summed E-state index contributed by atoms with van der Waals surface area (Å²) < 4.78 is 16.7. The normalized spacial score (nSPS) is 12.6. The molecular formula is C48H82O6. The second-order valence-corrected chi connectivity index (χ2v) is 14.6. The highest BCUT2D eigenvalue weighted by atomic mass is 16.6. The van der Waals surface area contributed by atoms with Crippen molar-refractivity contribution in [3.8, 4) is 0 Å². The van der Waals surface area contributed by atoms with E-state index < -0.39 is 6.10 Å². The van der Waals surface area contributed by atoms with E-state index in [2.05, 4.69) is 81.5 Å². The molecule has 0 aromatic carbocycles. The molecule has 1 unspecified atom stereocenters. The van der Waals surface area contributed by atoms with Crippen molar-refractivity contribution < 1.29 is 28.6 Å². The number of unbranched alkanes of at least 4 members (excludes halogenated alkanes) is 20. The van der Waals surface area contributed by atoms with Crippen molar-refractivity contribution in [2.75, 3.05) is 13.2 Å². The van der Waals surface area contributed by atoms with Crippen LogP contribution < -0.4 is 0 Å². The van der Waals surface area contributed by atoms with Gasteiger partial charge >= 0.3 is 17.9 Å². The van der Waals surface area contributed by atoms with Gasteiger partial charge in [-0.15, -0.1) is 0 Å². The van der Waals surface area contributed by atoms with Crippen molar-refractivity contribution in [2.24, 2.45) is 0 Å². The third-order valence-corrected chi connectivity index (χ3v) is 9.33. The molecule has 0 aromatic heterocycles. The van der Waals surface area contributed by atoms with Gasteiger partial charge in [0.1, 0.15) is 13.2 Å². The number of carbonyl (C=O) groups is 3. The molecule has 0 fully saturated rings. The van der Waals surface area contributed by atoms with Crippen LogP contribution in [0.25, 0.3) is 0 Å². The Bertz CT molecular complexity index is 1010. The minimum absolute atomic E-state index is 0.0860. The van der Waals surface area contributed by atoms with Gasteiger partial charge in [-0.05, 0) is 64.2 Å². The first-order valence-electron chi connectivity index (χ1n) is 22.3. The van der Waals surface area contributed by atoms with Crippen LogP contribution in [-0.4, -0.2) is 37.2 Å². The van der Waals surface area contributed by atoms with Gasteiger partial charge in [0.15, 0.2) is 6.10 Å². The molecule has 0 heterocycles. The first-order chi connectivity index (χ1) is 26.5. The van der Waals surface area contributed by atoms with Gasteiger partial charge in [-0.2, -0.15) is 0 Å². The van der Waals surface area contributed by atoms with E-state index in [0.29, 0.717) is 19.3 Å². The van der Waals surface area contributed by atoms with Gasteiger partial charge in [0.05, 0.1) is 0 Å². The lowest BCUT2D eigenvalue weighted by Crippen LogP contribution is -2.30. The molecule has 6 nitrogen and oxygen atoms in total. The highest BCUT2D eigenvalue weighted by Crippen LogP contribution is 2.14. The van der Waals surface area contributed by atoms with Crippen LogP contribution in [-0.2, 0) is 28.6 Å². The van der Waals surface area contributed by atoms with Crippen molar-refractivity contribution in [3.63, 3.8) is 0 Å².